The summed E-state index contributed by atoms with van der Waals surface area (Å²) in [7, 11) is 2.57. The van der Waals surface area contributed by atoms with Crippen LogP contribution in [0.5, 0.6) is 11.6 Å². The van der Waals surface area contributed by atoms with Crippen molar-refractivity contribution < 1.29 is 32.5 Å². The molecule has 0 radical (unpaired) electrons. The number of hydrogen-bond donors (Lipinski definition) is 2. The average molecular weight is 345 g/mol. The fourth-order valence-electron chi connectivity index (χ4n) is 2.01. The highest BCUT2D eigenvalue weighted by molar-refractivity contribution is 5.64. The molecule has 1 aromatic carbocycles. The number of alkyl halides is 3. The maximum atomic E-state index is 12.8. The van der Waals surface area contributed by atoms with Crippen LogP contribution in [-0.4, -0.2) is 35.2 Å². The van der Waals surface area contributed by atoms with Gasteiger partial charge in [0.15, 0.2) is 5.69 Å². The molecule has 7 nitrogen and oxygen atoms in total. The van der Waals surface area contributed by atoms with Crippen LogP contribution in [0, 0.1) is 0 Å². The first kappa shape index (κ1) is 17.4. The predicted octanol–water partition coefficient (Wildman–Crippen LogP) is 2.68. The van der Waals surface area contributed by atoms with Crippen molar-refractivity contribution in [2.24, 2.45) is 0 Å². The standard InChI is InChI=1S/C14H14F3N3O4/c1-23-10-5-8(7-18-13(21)22)3-4-9(10)20-12(24-2)6-11(19-20)14(15,16)17/h3-6,18H,7H2,1-2H3,(H,21,22). The van der Waals surface area contributed by atoms with Crippen LogP contribution < -0.4 is 14.8 Å². The van der Waals surface area contributed by atoms with Crippen molar-refractivity contribution in [1.29, 1.82) is 0 Å². The Morgan fingerprint density at radius 1 is 1.29 bits per heavy atom. The van der Waals surface area contributed by atoms with Crippen molar-refractivity contribution in [3.05, 3.63) is 35.5 Å². The van der Waals surface area contributed by atoms with Crippen molar-refractivity contribution in [2.75, 3.05) is 14.2 Å². The van der Waals surface area contributed by atoms with Crippen molar-refractivity contribution in [3.63, 3.8) is 0 Å². The topological polar surface area (TPSA) is 85.6 Å². The Hall–Kier alpha value is -2.91. The third-order valence-electron chi connectivity index (χ3n) is 3.09. The zero-order chi connectivity index (χ0) is 17.9. The first-order valence-corrected chi connectivity index (χ1v) is 6.61. The van der Waals surface area contributed by atoms with Gasteiger partial charge in [-0.25, -0.2) is 4.79 Å². The van der Waals surface area contributed by atoms with Gasteiger partial charge in [-0.1, -0.05) is 6.07 Å². The van der Waals surface area contributed by atoms with Gasteiger partial charge in [-0.05, 0) is 17.7 Å². The minimum Gasteiger partial charge on any atom is -0.494 e. The van der Waals surface area contributed by atoms with Crippen LogP contribution in [0.4, 0.5) is 18.0 Å². The Morgan fingerprint density at radius 3 is 2.54 bits per heavy atom. The number of halogens is 3. The number of methoxy groups -OCH3 is 2. The molecule has 0 unspecified atom stereocenters. The summed E-state index contributed by atoms with van der Waals surface area (Å²) >= 11 is 0. The molecule has 2 aromatic rings. The first-order valence-electron chi connectivity index (χ1n) is 6.61. The summed E-state index contributed by atoms with van der Waals surface area (Å²) in [5, 5.41) is 14.3. The monoisotopic (exact) mass is 345 g/mol. The number of rotatable bonds is 5. The molecule has 0 spiro atoms. The Morgan fingerprint density at radius 2 is 2.00 bits per heavy atom. The fourth-order valence-corrected chi connectivity index (χ4v) is 2.01. The molecule has 2 N–H and O–H groups in total. The number of aromatic nitrogens is 2. The second-order valence-corrected chi connectivity index (χ2v) is 4.65. The van der Waals surface area contributed by atoms with Crippen LogP contribution in [0.25, 0.3) is 5.69 Å². The van der Waals surface area contributed by atoms with Gasteiger partial charge >= 0.3 is 12.3 Å². The van der Waals surface area contributed by atoms with Gasteiger partial charge in [0.25, 0.3) is 0 Å². The summed E-state index contributed by atoms with van der Waals surface area (Å²) in [6.07, 6.45) is -5.81. The van der Waals surface area contributed by atoms with Gasteiger partial charge in [0.2, 0.25) is 5.88 Å². The lowest BCUT2D eigenvalue weighted by Crippen LogP contribution is -2.20. The fraction of sp³-hybridized carbons (Fsp3) is 0.286. The highest BCUT2D eigenvalue weighted by Gasteiger charge is 2.35. The second-order valence-electron chi connectivity index (χ2n) is 4.65. The molecular weight excluding hydrogens is 331 g/mol. The summed E-state index contributed by atoms with van der Waals surface area (Å²) in [6, 6.07) is 5.29. The third kappa shape index (κ3) is 3.70. The maximum absolute atomic E-state index is 12.8. The summed E-state index contributed by atoms with van der Waals surface area (Å²) in [5.41, 5.74) is -0.304. The number of carbonyl (C=O) groups is 1. The zero-order valence-corrected chi connectivity index (χ0v) is 12.7. The van der Waals surface area contributed by atoms with E-state index in [0.717, 1.165) is 10.7 Å². The van der Waals surface area contributed by atoms with E-state index in [9.17, 15) is 18.0 Å². The molecule has 1 amide bonds. The van der Waals surface area contributed by atoms with Crippen LogP contribution in [0.3, 0.4) is 0 Å². The molecule has 0 aliphatic heterocycles. The molecule has 0 aliphatic rings. The first-order chi connectivity index (χ1) is 11.3. The van der Waals surface area contributed by atoms with Crippen LogP contribution in [0.15, 0.2) is 24.3 Å². The van der Waals surface area contributed by atoms with Gasteiger partial charge in [-0.2, -0.15) is 23.0 Å². The van der Waals surface area contributed by atoms with E-state index in [2.05, 4.69) is 10.4 Å². The number of nitrogens with zero attached hydrogens (tertiary/aromatic N) is 2. The molecular formula is C14H14F3N3O4. The van der Waals surface area contributed by atoms with Gasteiger partial charge in [0, 0.05) is 12.6 Å². The number of benzene rings is 1. The van der Waals surface area contributed by atoms with Crippen molar-refractivity contribution in [1.82, 2.24) is 15.1 Å². The lowest BCUT2D eigenvalue weighted by molar-refractivity contribution is -0.141. The Balaban J connectivity index is 2.44. The Kier molecular flexibility index (Phi) is 4.86. The Bertz CT molecular complexity index is 743. The molecule has 1 aromatic heterocycles. The van der Waals surface area contributed by atoms with E-state index in [-0.39, 0.29) is 23.9 Å². The highest BCUT2D eigenvalue weighted by Crippen LogP contribution is 2.34. The number of nitrogens with one attached hydrogen (secondary N) is 1. The summed E-state index contributed by atoms with van der Waals surface area (Å²) in [4.78, 5) is 10.5. The lowest BCUT2D eigenvalue weighted by Gasteiger charge is -2.12. The molecule has 0 atom stereocenters. The zero-order valence-electron chi connectivity index (χ0n) is 12.7. The van der Waals surface area contributed by atoms with Gasteiger partial charge in [-0.15, -0.1) is 0 Å². The second kappa shape index (κ2) is 6.69. The molecule has 0 saturated carbocycles. The lowest BCUT2D eigenvalue weighted by atomic mass is 10.2. The molecule has 24 heavy (non-hydrogen) atoms. The quantitative estimate of drug-likeness (QED) is 0.870. The molecule has 0 aliphatic carbocycles. The largest absolute Gasteiger partial charge is 0.494 e. The molecule has 0 saturated heterocycles. The maximum Gasteiger partial charge on any atom is 0.435 e. The molecule has 10 heteroatoms. The van der Waals surface area contributed by atoms with E-state index in [1.807, 2.05) is 0 Å². The van der Waals surface area contributed by atoms with E-state index in [1.54, 1.807) is 6.07 Å². The number of hydrogen-bond acceptors (Lipinski definition) is 4. The molecule has 1 heterocycles. The van der Waals surface area contributed by atoms with E-state index < -0.39 is 18.0 Å². The predicted molar refractivity (Wildman–Crippen MR) is 76.5 cm³/mol. The summed E-state index contributed by atoms with van der Waals surface area (Å²) in [5.74, 6) is 0.104. The highest BCUT2D eigenvalue weighted by atomic mass is 19.4. The van der Waals surface area contributed by atoms with Gasteiger partial charge in [0.05, 0.1) is 14.2 Å². The SMILES string of the molecule is COc1cc(CNC(=O)O)ccc1-n1nc(C(F)(F)F)cc1OC. The van der Waals surface area contributed by atoms with Gasteiger partial charge in [-0.3, -0.25) is 0 Å². The summed E-state index contributed by atoms with van der Waals surface area (Å²) < 4.78 is 49.6. The van der Waals surface area contributed by atoms with Crippen molar-refractivity contribution >= 4 is 6.09 Å². The number of ether oxygens (including phenoxy) is 2. The van der Waals surface area contributed by atoms with E-state index in [0.29, 0.717) is 5.56 Å². The van der Waals surface area contributed by atoms with Crippen LogP contribution in [0.2, 0.25) is 0 Å². The normalized spacial score (nSPS) is 11.2. The molecule has 0 fully saturated rings. The summed E-state index contributed by atoms with van der Waals surface area (Å²) in [6.45, 7) is 0.0238. The number of amides is 1. The van der Waals surface area contributed by atoms with Crippen LogP contribution in [-0.2, 0) is 12.7 Å². The number of carboxylic acid groups (broad SMARTS) is 1. The Labute approximate surface area is 134 Å². The smallest absolute Gasteiger partial charge is 0.435 e. The van der Waals surface area contributed by atoms with Crippen molar-refractivity contribution in [2.45, 2.75) is 12.7 Å². The van der Waals surface area contributed by atoms with E-state index in [1.165, 1.54) is 26.4 Å². The van der Waals surface area contributed by atoms with Gasteiger partial charge in [0.1, 0.15) is 11.4 Å². The minimum atomic E-state index is -4.61. The molecule has 2 rings (SSSR count). The minimum absolute atomic E-state index is 0.0238. The van der Waals surface area contributed by atoms with Crippen LogP contribution in [0.1, 0.15) is 11.3 Å². The van der Waals surface area contributed by atoms with Crippen molar-refractivity contribution in [3.8, 4) is 17.3 Å². The van der Waals surface area contributed by atoms with E-state index >= 15 is 0 Å². The molecule has 130 valence electrons. The molecule has 0 bridgehead atoms. The van der Waals surface area contributed by atoms with Crippen LogP contribution >= 0.6 is 0 Å². The average Bonchev–Trinajstić information content (AvgIpc) is 2.96. The van der Waals surface area contributed by atoms with Gasteiger partial charge < -0.3 is 19.9 Å². The van der Waals surface area contributed by atoms with E-state index in [4.69, 9.17) is 14.6 Å². The third-order valence-corrected chi connectivity index (χ3v) is 3.09.